The van der Waals surface area contributed by atoms with Crippen LogP contribution in [0, 0.1) is 0 Å². The van der Waals surface area contributed by atoms with E-state index < -0.39 is 12.1 Å². The number of hydrogen-bond donors (Lipinski definition) is 1. The van der Waals surface area contributed by atoms with Gasteiger partial charge < -0.3 is 10.1 Å². The molecule has 25 heavy (non-hydrogen) atoms. The number of likely N-dealkylation sites (tertiary alicyclic amines) is 1. The molecule has 2 aromatic rings. The first kappa shape index (κ1) is 17.4. The summed E-state index contributed by atoms with van der Waals surface area (Å²) in [5, 5.41) is 2.75. The van der Waals surface area contributed by atoms with Crippen molar-refractivity contribution in [1.29, 1.82) is 0 Å². The molecule has 1 aliphatic rings. The van der Waals surface area contributed by atoms with Gasteiger partial charge in [-0.3, -0.25) is 9.69 Å². The molecule has 1 saturated heterocycles. The normalized spacial score (nSPS) is 16.5. The molecule has 2 heterocycles. The number of anilines is 1. The second-order valence-corrected chi connectivity index (χ2v) is 6.54. The smallest absolute Gasteiger partial charge is 0.410 e. The molecule has 1 fully saturated rings. The Morgan fingerprint density at radius 1 is 1.20 bits per heavy atom. The lowest BCUT2D eigenvalue weighted by atomic mass is 10.2. The van der Waals surface area contributed by atoms with Gasteiger partial charge in [0.2, 0.25) is 5.91 Å². The standard InChI is InChI=1S/C18H18BrN3O3/c19-15-9-4-10-16(20-15)21-17(23)14-8-5-11-22(14)18(24)25-12-13-6-2-1-3-7-13/h1-4,6-7,9-10,14H,5,8,11-12H2,(H,20,21,23)/t14-/m0/s1. The van der Waals surface area contributed by atoms with E-state index in [1.54, 1.807) is 18.2 Å². The molecule has 1 aromatic carbocycles. The van der Waals surface area contributed by atoms with Crippen LogP contribution in [0.15, 0.2) is 53.1 Å². The first-order chi connectivity index (χ1) is 12.1. The van der Waals surface area contributed by atoms with E-state index in [1.807, 2.05) is 30.3 Å². The molecule has 0 radical (unpaired) electrons. The van der Waals surface area contributed by atoms with Crippen LogP contribution in [0.25, 0.3) is 0 Å². The van der Waals surface area contributed by atoms with Crippen molar-refractivity contribution in [1.82, 2.24) is 9.88 Å². The molecule has 2 amide bonds. The van der Waals surface area contributed by atoms with Gasteiger partial charge in [-0.05, 0) is 46.5 Å². The fourth-order valence-electron chi connectivity index (χ4n) is 2.75. The Kier molecular flexibility index (Phi) is 5.65. The molecule has 0 spiro atoms. The molecule has 1 N–H and O–H groups in total. The predicted octanol–water partition coefficient (Wildman–Crippen LogP) is 3.58. The number of amides is 2. The van der Waals surface area contributed by atoms with Crippen molar-refractivity contribution in [2.75, 3.05) is 11.9 Å². The average Bonchev–Trinajstić information content (AvgIpc) is 3.10. The summed E-state index contributed by atoms with van der Waals surface area (Å²) >= 11 is 3.27. The van der Waals surface area contributed by atoms with Crippen LogP contribution in [0.5, 0.6) is 0 Å². The van der Waals surface area contributed by atoms with E-state index in [0.29, 0.717) is 23.4 Å². The summed E-state index contributed by atoms with van der Waals surface area (Å²) in [6, 6.07) is 14.2. The van der Waals surface area contributed by atoms with Gasteiger partial charge in [0.05, 0.1) is 0 Å². The van der Waals surface area contributed by atoms with Gasteiger partial charge in [0.15, 0.2) is 0 Å². The van der Waals surface area contributed by atoms with Gasteiger partial charge in [0.1, 0.15) is 23.1 Å². The Hall–Kier alpha value is -2.41. The zero-order valence-electron chi connectivity index (χ0n) is 13.5. The summed E-state index contributed by atoms with van der Waals surface area (Å²) in [4.78, 5) is 30.5. The quantitative estimate of drug-likeness (QED) is 0.791. The van der Waals surface area contributed by atoms with Crippen molar-refractivity contribution in [2.24, 2.45) is 0 Å². The van der Waals surface area contributed by atoms with Crippen LogP contribution in [0.2, 0.25) is 0 Å². The number of pyridine rings is 1. The Bertz CT molecular complexity index is 754. The average molecular weight is 404 g/mol. The van der Waals surface area contributed by atoms with Crippen LogP contribution in [-0.4, -0.2) is 34.5 Å². The van der Waals surface area contributed by atoms with E-state index in [9.17, 15) is 9.59 Å². The zero-order chi connectivity index (χ0) is 17.6. The van der Waals surface area contributed by atoms with Crippen LogP contribution in [0.4, 0.5) is 10.6 Å². The minimum atomic E-state index is -0.538. The maximum Gasteiger partial charge on any atom is 0.410 e. The third-order valence-corrected chi connectivity index (χ3v) is 4.40. The fourth-order valence-corrected chi connectivity index (χ4v) is 3.09. The van der Waals surface area contributed by atoms with Gasteiger partial charge in [-0.25, -0.2) is 9.78 Å². The number of hydrogen-bond acceptors (Lipinski definition) is 4. The van der Waals surface area contributed by atoms with Crippen LogP contribution in [0.3, 0.4) is 0 Å². The van der Waals surface area contributed by atoms with Gasteiger partial charge in [-0.2, -0.15) is 0 Å². The number of halogens is 1. The number of benzene rings is 1. The number of nitrogens with one attached hydrogen (secondary N) is 1. The Morgan fingerprint density at radius 3 is 2.76 bits per heavy atom. The van der Waals surface area contributed by atoms with Crippen molar-refractivity contribution in [2.45, 2.75) is 25.5 Å². The molecule has 130 valence electrons. The molecule has 1 atom stereocenters. The second kappa shape index (κ2) is 8.11. The Balaban J connectivity index is 1.59. The van der Waals surface area contributed by atoms with E-state index >= 15 is 0 Å². The summed E-state index contributed by atoms with van der Waals surface area (Å²) < 4.78 is 5.98. The molecule has 1 aromatic heterocycles. The highest BCUT2D eigenvalue weighted by atomic mass is 79.9. The minimum absolute atomic E-state index is 0.192. The Labute approximate surface area is 154 Å². The molecule has 1 aliphatic heterocycles. The lowest BCUT2D eigenvalue weighted by Gasteiger charge is -2.23. The van der Waals surface area contributed by atoms with Crippen LogP contribution < -0.4 is 5.32 Å². The van der Waals surface area contributed by atoms with E-state index in [1.165, 1.54) is 4.90 Å². The highest BCUT2D eigenvalue weighted by molar-refractivity contribution is 9.10. The van der Waals surface area contributed by atoms with Crippen LogP contribution in [0.1, 0.15) is 18.4 Å². The largest absolute Gasteiger partial charge is 0.445 e. The summed E-state index contributed by atoms with van der Waals surface area (Å²) in [5.74, 6) is 0.198. The monoisotopic (exact) mass is 403 g/mol. The van der Waals surface area contributed by atoms with Crippen molar-refractivity contribution in [3.63, 3.8) is 0 Å². The number of carbonyl (C=O) groups is 2. The predicted molar refractivity (Wildman–Crippen MR) is 96.9 cm³/mol. The maximum absolute atomic E-state index is 12.5. The van der Waals surface area contributed by atoms with Crippen LogP contribution in [-0.2, 0) is 16.1 Å². The molecule has 0 bridgehead atoms. The van der Waals surface area contributed by atoms with E-state index in [0.717, 1.165) is 12.0 Å². The highest BCUT2D eigenvalue weighted by Gasteiger charge is 2.35. The van der Waals surface area contributed by atoms with Gasteiger partial charge in [-0.15, -0.1) is 0 Å². The molecular weight excluding hydrogens is 386 g/mol. The van der Waals surface area contributed by atoms with E-state index in [2.05, 4.69) is 26.2 Å². The summed E-state index contributed by atoms with van der Waals surface area (Å²) in [5.41, 5.74) is 0.911. The number of ether oxygens (including phenoxy) is 1. The lowest BCUT2D eigenvalue weighted by Crippen LogP contribution is -2.43. The molecule has 0 saturated carbocycles. The van der Waals surface area contributed by atoms with E-state index in [-0.39, 0.29) is 12.5 Å². The third kappa shape index (κ3) is 4.57. The van der Waals surface area contributed by atoms with Gasteiger partial charge in [0.25, 0.3) is 0 Å². The molecule has 6 nitrogen and oxygen atoms in total. The van der Waals surface area contributed by atoms with Gasteiger partial charge in [0, 0.05) is 6.54 Å². The number of nitrogens with zero attached hydrogens (tertiary/aromatic N) is 2. The first-order valence-corrected chi connectivity index (χ1v) is 8.83. The fraction of sp³-hybridized carbons (Fsp3) is 0.278. The molecule has 0 unspecified atom stereocenters. The zero-order valence-corrected chi connectivity index (χ0v) is 15.1. The molecule has 3 rings (SSSR count). The summed E-state index contributed by atoms with van der Waals surface area (Å²) in [6.07, 6.45) is 0.911. The van der Waals surface area contributed by atoms with Crippen molar-refractivity contribution < 1.29 is 14.3 Å². The number of carbonyl (C=O) groups excluding carboxylic acids is 2. The first-order valence-electron chi connectivity index (χ1n) is 8.04. The van der Waals surface area contributed by atoms with Gasteiger partial charge >= 0.3 is 6.09 Å². The van der Waals surface area contributed by atoms with Crippen LogP contribution >= 0.6 is 15.9 Å². The number of aromatic nitrogens is 1. The topological polar surface area (TPSA) is 71.5 Å². The maximum atomic E-state index is 12.5. The van der Waals surface area contributed by atoms with Gasteiger partial charge in [-0.1, -0.05) is 36.4 Å². The molecule has 0 aliphatic carbocycles. The third-order valence-electron chi connectivity index (χ3n) is 3.96. The summed E-state index contributed by atoms with van der Waals surface area (Å²) in [6.45, 7) is 0.704. The second-order valence-electron chi connectivity index (χ2n) is 5.73. The highest BCUT2D eigenvalue weighted by Crippen LogP contribution is 2.21. The van der Waals surface area contributed by atoms with E-state index in [4.69, 9.17) is 4.74 Å². The summed E-state index contributed by atoms with van der Waals surface area (Å²) in [7, 11) is 0. The lowest BCUT2D eigenvalue weighted by molar-refractivity contribution is -0.120. The SMILES string of the molecule is O=C(Nc1cccc(Br)n1)[C@@H]1CCCN1C(=O)OCc1ccccc1. The van der Waals surface area contributed by atoms with Crippen molar-refractivity contribution >= 4 is 33.7 Å². The number of rotatable bonds is 4. The van der Waals surface area contributed by atoms with Crippen molar-refractivity contribution in [3.8, 4) is 0 Å². The molecule has 7 heteroatoms. The van der Waals surface area contributed by atoms with Crippen molar-refractivity contribution in [3.05, 3.63) is 58.7 Å². The minimum Gasteiger partial charge on any atom is -0.445 e. The molecular formula is C18H18BrN3O3. The Morgan fingerprint density at radius 2 is 2.00 bits per heavy atom.